The first-order chi connectivity index (χ1) is 7.24. The first kappa shape index (κ1) is 9.95. The number of nitrogens with one attached hydrogen (secondary N) is 1. The predicted octanol–water partition coefficient (Wildman–Crippen LogP) is 0.564. The maximum atomic E-state index is 9.51. The number of aromatic amines is 1. The predicted molar refractivity (Wildman–Crippen MR) is 56.7 cm³/mol. The monoisotopic (exact) mass is 207 g/mol. The Morgan fingerprint density at radius 2 is 2.40 bits per heavy atom. The standard InChI is InChI=1S/C10H13N3O2/c1-15-6-2-3-7-8(4-6)13-10(12-7)9(14)5-11/h2-4,9,14H,5,11H2,1H3,(H,12,13). The summed E-state index contributed by atoms with van der Waals surface area (Å²) < 4.78 is 5.08. The number of aliphatic hydroxyl groups is 1. The molecular weight excluding hydrogens is 194 g/mol. The molecule has 1 atom stereocenters. The fourth-order valence-corrected chi connectivity index (χ4v) is 1.40. The smallest absolute Gasteiger partial charge is 0.137 e. The molecule has 5 nitrogen and oxygen atoms in total. The third-order valence-electron chi connectivity index (χ3n) is 2.25. The maximum Gasteiger partial charge on any atom is 0.137 e. The van der Waals surface area contributed by atoms with Gasteiger partial charge in [-0.25, -0.2) is 4.98 Å². The van der Waals surface area contributed by atoms with E-state index >= 15 is 0 Å². The Kier molecular flexibility index (Phi) is 2.57. The van der Waals surface area contributed by atoms with Gasteiger partial charge in [0.25, 0.3) is 0 Å². The number of hydrogen-bond donors (Lipinski definition) is 3. The third kappa shape index (κ3) is 1.79. The lowest BCUT2D eigenvalue weighted by Gasteiger charge is -2.01. The molecule has 1 heterocycles. The third-order valence-corrected chi connectivity index (χ3v) is 2.25. The Hall–Kier alpha value is -1.59. The Bertz CT molecular complexity index is 467. The summed E-state index contributed by atoms with van der Waals surface area (Å²) in [6.45, 7) is 0.150. The zero-order valence-corrected chi connectivity index (χ0v) is 8.40. The van der Waals surface area contributed by atoms with Crippen LogP contribution in [0.25, 0.3) is 11.0 Å². The zero-order valence-electron chi connectivity index (χ0n) is 8.40. The summed E-state index contributed by atoms with van der Waals surface area (Å²) in [5, 5.41) is 9.51. The quantitative estimate of drug-likeness (QED) is 0.686. The molecule has 0 aliphatic heterocycles. The molecule has 1 aromatic heterocycles. The number of nitrogens with two attached hydrogens (primary N) is 1. The molecule has 80 valence electrons. The molecule has 1 aromatic carbocycles. The van der Waals surface area contributed by atoms with Gasteiger partial charge >= 0.3 is 0 Å². The van der Waals surface area contributed by atoms with Crippen molar-refractivity contribution in [2.75, 3.05) is 13.7 Å². The van der Waals surface area contributed by atoms with Crippen molar-refractivity contribution in [1.29, 1.82) is 0 Å². The molecule has 2 rings (SSSR count). The van der Waals surface area contributed by atoms with Crippen LogP contribution in [0, 0.1) is 0 Å². The van der Waals surface area contributed by atoms with Crippen LogP contribution in [0.4, 0.5) is 0 Å². The number of rotatable bonds is 3. The van der Waals surface area contributed by atoms with E-state index in [0.29, 0.717) is 5.82 Å². The highest BCUT2D eigenvalue weighted by molar-refractivity contribution is 5.76. The van der Waals surface area contributed by atoms with Crippen molar-refractivity contribution in [3.63, 3.8) is 0 Å². The van der Waals surface area contributed by atoms with Crippen LogP contribution in [0.15, 0.2) is 18.2 Å². The Labute approximate surface area is 86.9 Å². The van der Waals surface area contributed by atoms with Crippen LogP contribution in [0.1, 0.15) is 11.9 Å². The summed E-state index contributed by atoms with van der Waals surface area (Å²) in [6, 6.07) is 5.48. The lowest BCUT2D eigenvalue weighted by Crippen LogP contribution is -2.12. The van der Waals surface area contributed by atoms with Crippen LogP contribution in [0.5, 0.6) is 5.75 Å². The SMILES string of the molecule is COc1ccc2nc(C(O)CN)[nH]c2c1. The second-order valence-corrected chi connectivity index (χ2v) is 3.26. The van der Waals surface area contributed by atoms with Gasteiger partial charge < -0.3 is 20.6 Å². The van der Waals surface area contributed by atoms with Gasteiger partial charge in [0.2, 0.25) is 0 Å². The minimum Gasteiger partial charge on any atom is -0.497 e. The van der Waals surface area contributed by atoms with Gasteiger partial charge in [-0.2, -0.15) is 0 Å². The van der Waals surface area contributed by atoms with Crippen LogP contribution in [-0.4, -0.2) is 28.7 Å². The molecule has 1 unspecified atom stereocenters. The summed E-state index contributed by atoms with van der Waals surface area (Å²) in [5.41, 5.74) is 6.97. The van der Waals surface area contributed by atoms with Crippen LogP contribution in [0.3, 0.4) is 0 Å². The Balaban J connectivity index is 2.46. The summed E-state index contributed by atoms with van der Waals surface area (Å²) >= 11 is 0. The topological polar surface area (TPSA) is 84.2 Å². The van der Waals surface area contributed by atoms with E-state index in [0.717, 1.165) is 16.8 Å². The van der Waals surface area contributed by atoms with Crippen molar-refractivity contribution >= 4 is 11.0 Å². The van der Waals surface area contributed by atoms with Crippen molar-refractivity contribution in [2.45, 2.75) is 6.10 Å². The van der Waals surface area contributed by atoms with Crippen LogP contribution in [-0.2, 0) is 0 Å². The average Bonchev–Trinajstić information content (AvgIpc) is 2.70. The summed E-state index contributed by atoms with van der Waals surface area (Å²) in [7, 11) is 1.60. The van der Waals surface area contributed by atoms with Gasteiger partial charge in [-0.05, 0) is 12.1 Å². The molecule has 0 spiro atoms. The fraction of sp³-hybridized carbons (Fsp3) is 0.300. The molecule has 0 radical (unpaired) electrons. The van der Waals surface area contributed by atoms with Crippen LogP contribution < -0.4 is 10.5 Å². The van der Waals surface area contributed by atoms with Gasteiger partial charge in [0, 0.05) is 12.6 Å². The second kappa shape index (κ2) is 3.88. The number of H-pyrrole nitrogens is 1. The molecule has 0 saturated heterocycles. The Morgan fingerprint density at radius 3 is 3.07 bits per heavy atom. The second-order valence-electron chi connectivity index (χ2n) is 3.26. The molecule has 4 N–H and O–H groups in total. The molecule has 5 heteroatoms. The summed E-state index contributed by atoms with van der Waals surface area (Å²) in [6.07, 6.45) is -0.747. The zero-order chi connectivity index (χ0) is 10.8. The first-order valence-corrected chi connectivity index (χ1v) is 4.66. The summed E-state index contributed by atoms with van der Waals surface area (Å²) in [4.78, 5) is 7.22. The van der Waals surface area contributed by atoms with E-state index in [2.05, 4.69) is 9.97 Å². The van der Waals surface area contributed by atoms with Crippen molar-refractivity contribution in [3.05, 3.63) is 24.0 Å². The molecular formula is C10H13N3O2. The highest BCUT2D eigenvalue weighted by Crippen LogP contribution is 2.20. The van der Waals surface area contributed by atoms with E-state index in [-0.39, 0.29) is 6.54 Å². The summed E-state index contributed by atoms with van der Waals surface area (Å²) in [5.74, 6) is 1.24. The molecule has 0 fully saturated rings. The van der Waals surface area contributed by atoms with E-state index < -0.39 is 6.10 Å². The first-order valence-electron chi connectivity index (χ1n) is 4.66. The van der Waals surface area contributed by atoms with Gasteiger partial charge in [-0.3, -0.25) is 0 Å². The van der Waals surface area contributed by atoms with E-state index in [4.69, 9.17) is 10.5 Å². The van der Waals surface area contributed by atoms with Crippen molar-refractivity contribution in [3.8, 4) is 5.75 Å². The molecule has 15 heavy (non-hydrogen) atoms. The molecule has 0 amide bonds. The van der Waals surface area contributed by atoms with Gasteiger partial charge in [0.1, 0.15) is 17.7 Å². The van der Waals surface area contributed by atoms with Gasteiger partial charge in [-0.15, -0.1) is 0 Å². The van der Waals surface area contributed by atoms with Crippen LogP contribution in [0.2, 0.25) is 0 Å². The highest BCUT2D eigenvalue weighted by Gasteiger charge is 2.10. The Morgan fingerprint density at radius 1 is 1.60 bits per heavy atom. The number of benzene rings is 1. The van der Waals surface area contributed by atoms with Gasteiger partial charge in [0.15, 0.2) is 0 Å². The fourth-order valence-electron chi connectivity index (χ4n) is 1.40. The van der Waals surface area contributed by atoms with Crippen molar-refractivity contribution < 1.29 is 9.84 Å². The number of aliphatic hydroxyl groups excluding tert-OH is 1. The average molecular weight is 207 g/mol. The lowest BCUT2D eigenvalue weighted by molar-refractivity contribution is 0.178. The number of hydrogen-bond acceptors (Lipinski definition) is 4. The van der Waals surface area contributed by atoms with Gasteiger partial charge in [-0.1, -0.05) is 0 Å². The van der Waals surface area contributed by atoms with Crippen molar-refractivity contribution in [2.24, 2.45) is 5.73 Å². The molecule has 2 aromatic rings. The van der Waals surface area contributed by atoms with Gasteiger partial charge in [0.05, 0.1) is 18.1 Å². The molecule has 0 aliphatic rings. The highest BCUT2D eigenvalue weighted by atomic mass is 16.5. The van der Waals surface area contributed by atoms with Crippen LogP contribution >= 0.6 is 0 Å². The van der Waals surface area contributed by atoms with E-state index in [1.165, 1.54) is 0 Å². The lowest BCUT2D eigenvalue weighted by atomic mass is 10.3. The van der Waals surface area contributed by atoms with E-state index in [1.54, 1.807) is 7.11 Å². The largest absolute Gasteiger partial charge is 0.497 e. The number of fused-ring (bicyclic) bond motifs is 1. The molecule has 0 aliphatic carbocycles. The number of methoxy groups -OCH3 is 1. The van der Waals surface area contributed by atoms with E-state index in [9.17, 15) is 5.11 Å². The molecule has 0 bridgehead atoms. The number of aromatic nitrogens is 2. The van der Waals surface area contributed by atoms with Crippen molar-refractivity contribution in [1.82, 2.24) is 9.97 Å². The number of imidazole rings is 1. The molecule has 0 saturated carbocycles. The number of nitrogens with zero attached hydrogens (tertiary/aromatic N) is 1. The normalized spacial score (nSPS) is 13.0. The van der Waals surface area contributed by atoms with E-state index in [1.807, 2.05) is 18.2 Å². The minimum absolute atomic E-state index is 0.150. The maximum absolute atomic E-state index is 9.51. The minimum atomic E-state index is -0.747. The number of ether oxygens (including phenoxy) is 1.